The van der Waals surface area contributed by atoms with Crippen LogP contribution in [0.15, 0.2) is 18.5 Å². The van der Waals surface area contributed by atoms with Crippen molar-refractivity contribution in [2.75, 3.05) is 7.05 Å². The van der Waals surface area contributed by atoms with Crippen LogP contribution in [0.3, 0.4) is 0 Å². The van der Waals surface area contributed by atoms with E-state index in [1.807, 2.05) is 13.0 Å². The molecule has 2 N–H and O–H groups in total. The van der Waals surface area contributed by atoms with Crippen LogP contribution in [-0.2, 0) is 11.3 Å². The third kappa shape index (κ3) is 4.53. The number of nitrogens with one attached hydrogen (secondary N) is 1. The Morgan fingerprint density at radius 1 is 1.40 bits per heavy atom. The Hall–Kier alpha value is -2.11. The number of carbonyl (C=O) groups excluding carboxylic acids is 1. The van der Waals surface area contributed by atoms with E-state index in [2.05, 4.69) is 10.3 Å². The predicted octanol–water partition coefficient (Wildman–Crippen LogP) is 1.64. The molecule has 0 aliphatic carbocycles. The second-order valence-electron chi connectivity index (χ2n) is 5.24. The Bertz CT molecular complexity index is 488. The van der Waals surface area contributed by atoms with E-state index in [1.165, 1.54) is 4.90 Å². The first-order chi connectivity index (χ1) is 9.31. The molecule has 0 unspecified atom stereocenters. The van der Waals surface area contributed by atoms with E-state index in [4.69, 9.17) is 5.11 Å². The number of rotatable bonds is 5. The van der Waals surface area contributed by atoms with Crippen LogP contribution < -0.4 is 5.32 Å². The van der Waals surface area contributed by atoms with Gasteiger partial charge in [-0.25, -0.2) is 9.59 Å². The maximum atomic E-state index is 12.0. The topological polar surface area (TPSA) is 82.5 Å². The van der Waals surface area contributed by atoms with E-state index in [1.54, 1.807) is 33.3 Å². The molecule has 6 nitrogen and oxygen atoms in total. The van der Waals surface area contributed by atoms with Crippen LogP contribution in [0.4, 0.5) is 4.79 Å². The molecule has 0 saturated carbocycles. The highest BCUT2D eigenvalue weighted by Gasteiger charge is 2.24. The number of carboxylic acid groups (broad SMARTS) is 1. The van der Waals surface area contributed by atoms with Crippen molar-refractivity contribution in [1.29, 1.82) is 0 Å². The summed E-state index contributed by atoms with van der Waals surface area (Å²) in [6, 6.07) is 0.640. The minimum absolute atomic E-state index is 0.175. The molecule has 2 amide bonds. The molecule has 0 fully saturated rings. The number of carboxylic acids is 1. The van der Waals surface area contributed by atoms with Crippen molar-refractivity contribution in [1.82, 2.24) is 15.2 Å². The van der Waals surface area contributed by atoms with E-state index >= 15 is 0 Å². The molecule has 0 aliphatic heterocycles. The van der Waals surface area contributed by atoms with Crippen molar-refractivity contribution in [2.45, 2.75) is 33.4 Å². The Kier molecular flexibility index (Phi) is 5.49. The van der Waals surface area contributed by atoms with Crippen molar-refractivity contribution in [2.24, 2.45) is 5.92 Å². The Balaban J connectivity index is 2.65. The molecule has 0 aliphatic rings. The lowest BCUT2D eigenvalue weighted by Gasteiger charge is -2.23. The van der Waals surface area contributed by atoms with Crippen molar-refractivity contribution < 1.29 is 14.7 Å². The van der Waals surface area contributed by atoms with Crippen LogP contribution in [0.1, 0.15) is 25.0 Å². The molecule has 1 aromatic heterocycles. The van der Waals surface area contributed by atoms with Gasteiger partial charge in [0.2, 0.25) is 0 Å². The summed E-state index contributed by atoms with van der Waals surface area (Å²) in [6.45, 7) is 5.81. The Morgan fingerprint density at radius 2 is 2.05 bits per heavy atom. The predicted molar refractivity (Wildman–Crippen MR) is 75.2 cm³/mol. The van der Waals surface area contributed by atoms with Gasteiger partial charge in [-0.2, -0.15) is 0 Å². The molecule has 0 saturated heterocycles. The largest absolute Gasteiger partial charge is 0.480 e. The second kappa shape index (κ2) is 6.88. The summed E-state index contributed by atoms with van der Waals surface area (Å²) < 4.78 is 0. The van der Waals surface area contributed by atoms with E-state index in [0.29, 0.717) is 6.54 Å². The second-order valence-corrected chi connectivity index (χ2v) is 5.24. The fourth-order valence-electron chi connectivity index (χ4n) is 1.81. The van der Waals surface area contributed by atoms with Gasteiger partial charge >= 0.3 is 12.0 Å². The molecule has 0 bridgehead atoms. The lowest BCUT2D eigenvalue weighted by atomic mass is 10.1. The first kappa shape index (κ1) is 15.9. The average Bonchev–Trinajstić information content (AvgIpc) is 2.34. The van der Waals surface area contributed by atoms with Crippen molar-refractivity contribution >= 4 is 12.0 Å². The molecule has 1 atom stereocenters. The molecule has 1 rings (SSSR count). The summed E-state index contributed by atoms with van der Waals surface area (Å²) in [5, 5.41) is 11.6. The summed E-state index contributed by atoms with van der Waals surface area (Å²) >= 11 is 0. The van der Waals surface area contributed by atoms with Crippen LogP contribution >= 0.6 is 0 Å². The molecular formula is C14H21N3O3. The minimum atomic E-state index is -1.03. The van der Waals surface area contributed by atoms with E-state index in [9.17, 15) is 9.59 Å². The highest BCUT2D eigenvalue weighted by molar-refractivity contribution is 5.82. The molecule has 6 heteroatoms. The number of amides is 2. The highest BCUT2D eigenvalue weighted by atomic mass is 16.4. The van der Waals surface area contributed by atoms with Crippen LogP contribution in [0, 0.1) is 12.8 Å². The molecule has 110 valence electrons. The van der Waals surface area contributed by atoms with Gasteiger partial charge in [0.25, 0.3) is 0 Å². The third-order valence-electron chi connectivity index (χ3n) is 2.91. The van der Waals surface area contributed by atoms with Crippen LogP contribution in [-0.4, -0.2) is 40.1 Å². The van der Waals surface area contributed by atoms with Gasteiger partial charge in [-0.05, 0) is 24.0 Å². The van der Waals surface area contributed by atoms with Gasteiger partial charge in [-0.15, -0.1) is 0 Å². The Morgan fingerprint density at radius 3 is 2.55 bits per heavy atom. The lowest BCUT2D eigenvalue weighted by Crippen LogP contribution is -2.48. The first-order valence-corrected chi connectivity index (χ1v) is 6.46. The maximum absolute atomic E-state index is 12.0. The van der Waals surface area contributed by atoms with Crippen LogP contribution in [0.5, 0.6) is 0 Å². The van der Waals surface area contributed by atoms with Gasteiger partial charge in [0, 0.05) is 26.0 Å². The van der Waals surface area contributed by atoms with Gasteiger partial charge in [-0.1, -0.05) is 19.9 Å². The van der Waals surface area contributed by atoms with Crippen molar-refractivity contribution in [3.8, 4) is 0 Å². The molecule has 1 heterocycles. The zero-order chi connectivity index (χ0) is 15.3. The SMILES string of the molecule is Cc1cncc(CN(C)C(=O)N[C@H](C(=O)O)C(C)C)c1. The summed E-state index contributed by atoms with van der Waals surface area (Å²) in [6.07, 6.45) is 3.43. The van der Waals surface area contributed by atoms with E-state index < -0.39 is 18.0 Å². The van der Waals surface area contributed by atoms with Gasteiger partial charge in [-0.3, -0.25) is 4.98 Å². The van der Waals surface area contributed by atoms with Crippen LogP contribution in [0.25, 0.3) is 0 Å². The number of aryl methyl sites for hydroxylation is 1. The van der Waals surface area contributed by atoms with Gasteiger partial charge < -0.3 is 15.3 Å². The van der Waals surface area contributed by atoms with Crippen LogP contribution in [0.2, 0.25) is 0 Å². The number of nitrogens with zero attached hydrogens (tertiary/aromatic N) is 2. The normalized spacial score (nSPS) is 12.1. The summed E-state index contributed by atoms with van der Waals surface area (Å²) in [7, 11) is 1.62. The number of hydrogen-bond acceptors (Lipinski definition) is 3. The molecule has 20 heavy (non-hydrogen) atoms. The summed E-state index contributed by atoms with van der Waals surface area (Å²) in [5.41, 5.74) is 1.92. The molecule has 0 aromatic carbocycles. The Labute approximate surface area is 118 Å². The fourth-order valence-corrected chi connectivity index (χ4v) is 1.81. The summed E-state index contributed by atoms with van der Waals surface area (Å²) in [5.74, 6) is -1.20. The van der Waals surface area contributed by atoms with E-state index in [0.717, 1.165) is 11.1 Å². The minimum Gasteiger partial charge on any atom is -0.480 e. The summed E-state index contributed by atoms with van der Waals surface area (Å²) in [4.78, 5) is 28.5. The number of urea groups is 1. The van der Waals surface area contributed by atoms with E-state index in [-0.39, 0.29) is 5.92 Å². The molecular weight excluding hydrogens is 258 g/mol. The van der Waals surface area contributed by atoms with Gasteiger partial charge in [0.15, 0.2) is 0 Å². The quantitative estimate of drug-likeness (QED) is 0.858. The van der Waals surface area contributed by atoms with Crippen molar-refractivity contribution in [3.05, 3.63) is 29.6 Å². The average molecular weight is 279 g/mol. The zero-order valence-corrected chi connectivity index (χ0v) is 12.3. The number of pyridine rings is 1. The maximum Gasteiger partial charge on any atom is 0.326 e. The van der Waals surface area contributed by atoms with Crippen molar-refractivity contribution in [3.63, 3.8) is 0 Å². The monoisotopic (exact) mass is 279 g/mol. The number of hydrogen-bond donors (Lipinski definition) is 2. The third-order valence-corrected chi connectivity index (χ3v) is 2.91. The zero-order valence-electron chi connectivity index (χ0n) is 12.3. The van der Waals surface area contributed by atoms with Gasteiger partial charge in [0.1, 0.15) is 6.04 Å². The number of aromatic nitrogens is 1. The first-order valence-electron chi connectivity index (χ1n) is 6.46. The number of carbonyl (C=O) groups is 2. The molecule has 1 aromatic rings. The highest BCUT2D eigenvalue weighted by Crippen LogP contribution is 2.06. The van der Waals surface area contributed by atoms with Gasteiger partial charge in [0.05, 0.1) is 0 Å². The molecule has 0 radical (unpaired) electrons. The standard InChI is InChI=1S/C14H21N3O3/c1-9(2)12(13(18)19)16-14(20)17(4)8-11-5-10(3)6-15-7-11/h5-7,9,12H,8H2,1-4H3,(H,16,20)(H,18,19)/t12-/m0/s1. The fraction of sp³-hybridized carbons (Fsp3) is 0.500. The smallest absolute Gasteiger partial charge is 0.326 e. The number of aliphatic carboxylic acids is 1. The lowest BCUT2D eigenvalue weighted by molar-refractivity contribution is -0.140. The molecule has 0 spiro atoms.